The van der Waals surface area contributed by atoms with E-state index >= 15 is 0 Å². The fraction of sp³-hybridized carbons (Fsp3) is 0.900. The third-order valence-corrected chi connectivity index (χ3v) is 6.72. The summed E-state index contributed by atoms with van der Waals surface area (Å²) in [7, 11) is 0. The summed E-state index contributed by atoms with van der Waals surface area (Å²) in [5, 5.41) is 0. The topological polar surface area (TPSA) is 53.1 Å². The summed E-state index contributed by atoms with van der Waals surface area (Å²) in [6.45, 7) is 11.4. The van der Waals surface area contributed by atoms with Crippen LogP contribution in [0.2, 0.25) is 0 Å². The van der Waals surface area contributed by atoms with Gasteiger partial charge in [0.25, 0.3) is 0 Å². The summed E-state index contributed by atoms with van der Waals surface area (Å²) in [4.78, 5) is 31.4. The molecule has 0 radical (unpaired) electrons. The van der Waals surface area contributed by atoms with Crippen LogP contribution in [-0.4, -0.2) is 77.6 Å². The first-order valence-corrected chi connectivity index (χ1v) is 10.5. The molecule has 0 aliphatic carbocycles. The number of hydrogen-bond donors (Lipinski definition) is 0. The van der Waals surface area contributed by atoms with E-state index in [2.05, 4.69) is 25.7 Å². The highest BCUT2D eigenvalue weighted by Gasteiger charge is 2.48. The molecule has 26 heavy (non-hydrogen) atoms. The number of likely N-dealkylation sites (tertiary alicyclic amines) is 2. The molecule has 3 heterocycles. The number of likely N-dealkylation sites (N-methyl/N-ethyl adjacent to an activating group) is 1. The van der Waals surface area contributed by atoms with Crippen molar-refractivity contribution in [2.75, 3.05) is 39.3 Å². The third-order valence-electron chi connectivity index (χ3n) is 6.72. The van der Waals surface area contributed by atoms with Gasteiger partial charge in [-0.05, 0) is 31.8 Å². The fourth-order valence-electron chi connectivity index (χ4n) is 4.78. The SMILES string of the molecule is CCC(CC)CN1CC2(CCN(C(=O)[C@H]3CCCN3CC)CC2)OC1=O. The van der Waals surface area contributed by atoms with E-state index in [0.29, 0.717) is 25.6 Å². The van der Waals surface area contributed by atoms with E-state index in [1.807, 2.05) is 9.80 Å². The number of hydrogen-bond acceptors (Lipinski definition) is 4. The minimum absolute atomic E-state index is 0.0616. The lowest BCUT2D eigenvalue weighted by Crippen LogP contribution is -2.53. The van der Waals surface area contributed by atoms with Crippen molar-refractivity contribution in [1.29, 1.82) is 0 Å². The fourth-order valence-corrected chi connectivity index (χ4v) is 4.78. The van der Waals surface area contributed by atoms with Crippen molar-refractivity contribution in [3.8, 4) is 0 Å². The van der Waals surface area contributed by atoms with Crippen LogP contribution in [0, 0.1) is 5.92 Å². The second-order valence-electron chi connectivity index (χ2n) is 8.23. The third kappa shape index (κ3) is 3.85. The molecule has 0 aromatic rings. The molecule has 1 spiro atoms. The Labute approximate surface area is 157 Å². The highest BCUT2D eigenvalue weighted by molar-refractivity contribution is 5.82. The molecule has 3 saturated heterocycles. The number of rotatable bonds is 6. The van der Waals surface area contributed by atoms with Crippen molar-refractivity contribution >= 4 is 12.0 Å². The summed E-state index contributed by atoms with van der Waals surface area (Å²) in [6.07, 6.45) is 5.64. The summed E-state index contributed by atoms with van der Waals surface area (Å²) in [5.41, 5.74) is -0.375. The second-order valence-corrected chi connectivity index (χ2v) is 8.23. The lowest BCUT2D eigenvalue weighted by molar-refractivity contribution is -0.139. The minimum Gasteiger partial charge on any atom is -0.441 e. The molecular formula is C20H35N3O3. The van der Waals surface area contributed by atoms with Gasteiger partial charge >= 0.3 is 6.09 Å². The Morgan fingerprint density at radius 1 is 1.19 bits per heavy atom. The molecule has 0 saturated carbocycles. The van der Waals surface area contributed by atoms with Crippen molar-refractivity contribution in [1.82, 2.24) is 14.7 Å². The molecule has 0 aromatic heterocycles. The maximum atomic E-state index is 12.9. The molecule has 3 aliphatic heterocycles. The van der Waals surface area contributed by atoms with Crippen molar-refractivity contribution in [2.45, 2.75) is 70.9 Å². The lowest BCUT2D eigenvalue weighted by atomic mass is 9.90. The molecule has 0 N–H and O–H groups in total. The lowest BCUT2D eigenvalue weighted by Gasteiger charge is -2.39. The van der Waals surface area contributed by atoms with Crippen LogP contribution in [0.5, 0.6) is 0 Å². The van der Waals surface area contributed by atoms with Gasteiger partial charge < -0.3 is 14.5 Å². The molecule has 0 aromatic carbocycles. The Kier molecular flexibility index (Phi) is 6.10. The van der Waals surface area contributed by atoms with Crippen LogP contribution in [0.1, 0.15) is 59.3 Å². The van der Waals surface area contributed by atoms with Crippen LogP contribution in [0.4, 0.5) is 4.79 Å². The first kappa shape index (κ1) is 19.5. The Morgan fingerprint density at radius 3 is 2.50 bits per heavy atom. The number of carbonyl (C=O) groups is 2. The van der Waals surface area contributed by atoms with Crippen molar-refractivity contribution in [3.63, 3.8) is 0 Å². The first-order chi connectivity index (χ1) is 12.5. The van der Waals surface area contributed by atoms with E-state index in [4.69, 9.17) is 4.74 Å². The van der Waals surface area contributed by atoms with E-state index < -0.39 is 0 Å². The molecule has 3 aliphatic rings. The number of piperidine rings is 1. The van der Waals surface area contributed by atoms with Gasteiger partial charge in [0.2, 0.25) is 5.91 Å². The summed E-state index contributed by atoms with van der Waals surface area (Å²) in [6, 6.07) is 0.0616. The molecular weight excluding hydrogens is 330 g/mol. The molecule has 3 rings (SSSR count). The van der Waals surface area contributed by atoms with Gasteiger partial charge in [0.15, 0.2) is 0 Å². The standard InChI is InChI=1S/C20H35N3O3/c1-4-16(5-2)14-23-15-20(26-19(23)25)9-12-22(13-10-20)18(24)17-8-7-11-21(17)6-3/h16-17H,4-15H2,1-3H3/t17-/m1/s1. The minimum atomic E-state index is -0.375. The zero-order valence-electron chi connectivity index (χ0n) is 16.7. The van der Waals surface area contributed by atoms with Crippen LogP contribution in [0.15, 0.2) is 0 Å². The van der Waals surface area contributed by atoms with Gasteiger partial charge in [0.05, 0.1) is 12.6 Å². The highest BCUT2D eigenvalue weighted by atomic mass is 16.6. The summed E-state index contributed by atoms with van der Waals surface area (Å²) in [5.74, 6) is 0.819. The monoisotopic (exact) mass is 365 g/mol. The van der Waals surface area contributed by atoms with Gasteiger partial charge in [0.1, 0.15) is 5.60 Å². The van der Waals surface area contributed by atoms with Gasteiger partial charge in [-0.1, -0.05) is 33.6 Å². The Bertz CT molecular complexity index is 512. The van der Waals surface area contributed by atoms with E-state index in [9.17, 15) is 9.59 Å². The molecule has 3 fully saturated rings. The molecule has 0 bridgehead atoms. The van der Waals surface area contributed by atoms with Gasteiger partial charge in [-0.3, -0.25) is 9.69 Å². The highest BCUT2D eigenvalue weighted by Crippen LogP contribution is 2.34. The maximum Gasteiger partial charge on any atom is 0.410 e. The smallest absolute Gasteiger partial charge is 0.410 e. The second kappa shape index (κ2) is 8.15. The van der Waals surface area contributed by atoms with Gasteiger partial charge in [-0.2, -0.15) is 0 Å². The van der Waals surface area contributed by atoms with Crippen LogP contribution < -0.4 is 0 Å². The van der Waals surface area contributed by atoms with Crippen molar-refractivity contribution in [3.05, 3.63) is 0 Å². The molecule has 1 atom stereocenters. The van der Waals surface area contributed by atoms with E-state index in [1.165, 1.54) is 0 Å². The quantitative estimate of drug-likeness (QED) is 0.726. The zero-order valence-corrected chi connectivity index (χ0v) is 16.7. The molecule has 6 nitrogen and oxygen atoms in total. The molecule has 148 valence electrons. The molecule has 2 amide bonds. The normalized spacial score (nSPS) is 26.2. The van der Waals surface area contributed by atoms with E-state index in [-0.39, 0.29) is 23.6 Å². The number of ether oxygens (including phenoxy) is 1. The van der Waals surface area contributed by atoms with Crippen LogP contribution in [-0.2, 0) is 9.53 Å². The van der Waals surface area contributed by atoms with Crippen LogP contribution >= 0.6 is 0 Å². The van der Waals surface area contributed by atoms with E-state index in [0.717, 1.165) is 58.2 Å². The van der Waals surface area contributed by atoms with Gasteiger partial charge in [0, 0.05) is 32.5 Å². The average molecular weight is 366 g/mol. The Morgan fingerprint density at radius 2 is 1.88 bits per heavy atom. The van der Waals surface area contributed by atoms with Crippen molar-refractivity contribution in [2.24, 2.45) is 5.92 Å². The largest absolute Gasteiger partial charge is 0.441 e. The Balaban J connectivity index is 1.55. The van der Waals surface area contributed by atoms with E-state index in [1.54, 1.807) is 0 Å². The van der Waals surface area contributed by atoms with Gasteiger partial charge in [-0.25, -0.2) is 4.79 Å². The zero-order chi connectivity index (χ0) is 18.7. The van der Waals surface area contributed by atoms with Crippen LogP contribution in [0.3, 0.4) is 0 Å². The predicted molar refractivity (Wildman–Crippen MR) is 101 cm³/mol. The van der Waals surface area contributed by atoms with Crippen LogP contribution in [0.25, 0.3) is 0 Å². The summed E-state index contributed by atoms with van der Waals surface area (Å²) < 4.78 is 5.83. The first-order valence-electron chi connectivity index (χ1n) is 10.5. The van der Waals surface area contributed by atoms with Gasteiger partial charge in [-0.15, -0.1) is 0 Å². The summed E-state index contributed by atoms with van der Waals surface area (Å²) >= 11 is 0. The van der Waals surface area contributed by atoms with Crippen molar-refractivity contribution < 1.29 is 14.3 Å². The number of carbonyl (C=O) groups excluding carboxylic acids is 2. The average Bonchev–Trinajstić information content (AvgIpc) is 3.24. The number of amides is 2. The number of nitrogens with zero attached hydrogens (tertiary/aromatic N) is 3. The molecule has 6 heteroatoms. The maximum absolute atomic E-state index is 12.9. The molecule has 0 unspecified atom stereocenters. The Hall–Kier alpha value is -1.30. The predicted octanol–water partition coefficient (Wildman–Crippen LogP) is 2.72.